The lowest BCUT2D eigenvalue weighted by molar-refractivity contribution is -0.314. The number of hydrogen-bond acceptors (Lipinski definition) is 4. The highest BCUT2D eigenvalue weighted by Gasteiger charge is 2.60. The Morgan fingerprint density at radius 2 is 1.44 bits per heavy atom. The van der Waals surface area contributed by atoms with Gasteiger partial charge in [-0.25, -0.2) is 0 Å². The van der Waals surface area contributed by atoms with Gasteiger partial charge in [0, 0.05) is 0 Å². The van der Waals surface area contributed by atoms with Crippen molar-refractivity contribution in [3.63, 3.8) is 0 Å². The van der Waals surface area contributed by atoms with Crippen LogP contribution in [-0.4, -0.2) is 36.0 Å². The van der Waals surface area contributed by atoms with Gasteiger partial charge in [-0.2, -0.15) is 26.3 Å². The molecule has 0 saturated heterocycles. The van der Waals surface area contributed by atoms with E-state index in [4.69, 9.17) is 4.74 Å². The maximum Gasteiger partial charge on any atom is 0.434 e. The molecular weight excluding hydrogens is 382 g/mol. The fourth-order valence-electron chi connectivity index (χ4n) is 2.75. The Balaban J connectivity index is 2.96. The molecule has 0 N–H and O–H groups in total. The smallest absolute Gasteiger partial charge is 0.434 e. The first kappa shape index (κ1) is 23.6. The van der Waals surface area contributed by atoms with E-state index >= 15 is 0 Å². The van der Waals surface area contributed by atoms with E-state index in [1.165, 1.54) is 0 Å². The third kappa shape index (κ3) is 6.57. The van der Waals surface area contributed by atoms with Crippen molar-refractivity contribution in [3.05, 3.63) is 0 Å². The van der Waals surface area contributed by atoms with Crippen molar-refractivity contribution >= 4 is 11.9 Å². The van der Waals surface area contributed by atoms with Crippen molar-refractivity contribution in [3.8, 4) is 0 Å². The van der Waals surface area contributed by atoms with Crippen LogP contribution in [0.4, 0.5) is 26.3 Å². The van der Waals surface area contributed by atoms with Crippen molar-refractivity contribution in [2.75, 3.05) is 0 Å². The second-order valence-corrected chi connectivity index (χ2v) is 7.50. The van der Waals surface area contributed by atoms with E-state index in [9.17, 15) is 35.9 Å². The van der Waals surface area contributed by atoms with Crippen molar-refractivity contribution in [1.29, 1.82) is 0 Å². The van der Waals surface area contributed by atoms with Gasteiger partial charge in [0.05, 0.1) is 11.8 Å². The molecule has 0 unspecified atom stereocenters. The molecule has 0 atom stereocenters. The Morgan fingerprint density at radius 1 is 0.963 bits per heavy atom. The number of halogens is 6. The molecule has 1 fully saturated rings. The van der Waals surface area contributed by atoms with Crippen molar-refractivity contribution in [2.24, 2.45) is 5.41 Å². The van der Waals surface area contributed by atoms with Gasteiger partial charge < -0.3 is 9.47 Å². The van der Waals surface area contributed by atoms with Gasteiger partial charge >= 0.3 is 24.3 Å². The standard InChI is InChI=1S/C17H24F6O4/c1-4-14(2,3)13(25)27-15(8-6-5-7-9-15)10-11(24)26-12(16(18,19)20)17(21,22)23/h12H,4-10H2,1-3H3. The van der Waals surface area contributed by atoms with Gasteiger partial charge in [-0.3, -0.25) is 9.59 Å². The Hall–Kier alpha value is -1.48. The lowest BCUT2D eigenvalue weighted by Crippen LogP contribution is -2.48. The quantitative estimate of drug-likeness (QED) is 0.455. The molecule has 0 aliphatic heterocycles. The summed E-state index contributed by atoms with van der Waals surface area (Å²) in [6.45, 7) is 4.95. The van der Waals surface area contributed by atoms with Crippen LogP contribution >= 0.6 is 0 Å². The van der Waals surface area contributed by atoms with Gasteiger partial charge in [0.1, 0.15) is 5.60 Å². The average molecular weight is 406 g/mol. The third-order valence-corrected chi connectivity index (χ3v) is 4.82. The second kappa shape index (κ2) is 8.26. The number of carbonyl (C=O) groups excluding carboxylic acids is 2. The van der Waals surface area contributed by atoms with Crippen molar-refractivity contribution in [2.45, 2.75) is 89.8 Å². The van der Waals surface area contributed by atoms with Gasteiger partial charge in [0.2, 0.25) is 0 Å². The number of rotatable bonds is 6. The molecular formula is C17H24F6O4. The molecule has 1 rings (SSSR count). The van der Waals surface area contributed by atoms with Crippen LogP contribution in [0, 0.1) is 5.41 Å². The predicted octanol–water partition coefficient (Wildman–Crippen LogP) is 5.10. The van der Waals surface area contributed by atoms with E-state index in [0.717, 1.165) is 6.42 Å². The monoisotopic (exact) mass is 406 g/mol. The Kier molecular flexibility index (Phi) is 7.21. The lowest BCUT2D eigenvalue weighted by Gasteiger charge is -2.38. The second-order valence-electron chi connectivity index (χ2n) is 7.50. The van der Waals surface area contributed by atoms with Gasteiger partial charge in [-0.15, -0.1) is 0 Å². The van der Waals surface area contributed by atoms with Crippen LogP contribution < -0.4 is 0 Å². The van der Waals surface area contributed by atoms with E-state index in [1.807, 2.05) is 0 Å². The average Bonchev–Trinajstić information content (AvgIpc) is 2.51. The van der Waals surface area contributed by atoms with Crippen LogP contribution in [0.15, 0.2) is 0 Å². The zero-order valence-electron chi connectivity index (χ0n) is 15.4. The fraction of sp³-hybridized carbons (Fsp3) is 0.882. The molecule has 0 heterocycles. The summed E-state index contributed by atoms with van der Waals surface area (Å²) in [5.41, 5.74) is -2.34. The molecule has 10 heteroatoms. The highest BCUT2D eigenvalue weighted by Crippen LogP contribution is 2.40. The summed E-state index contributed by atoms with van der Waals surface area (Å²) in [5, 5.41) is 0. The topological polar surface area (TPSA) is 52.6 Å². The van der Waals surface area contributed by atoms with E-state index < -0.39 is 47.8 Å². The summed E-state index contributed by atoms with van der Waals surface area (Å²) in [4.78, 5) is 24.3. The summed E-state index contributed by atoms with van der Waals surface area (Å²) >= 11 is 0. The van der Waals surface area contributed by atoms with Crippen molar-refractivity contribution in [1.82, 2.24) is 0 Å². The molecule has 1 saturated carbocycles. The van der Waals surface area contributed by atoms with Crippen LogP contribution in [0.5, 0.6) is 0 Å². The maximum atomic E-state index is 12.6. The van der Waals surface area contributed by atoms with Crippen molar-refractivity contribution < 1.29 is 45.4 Å². The van der Waals surface area contributed by atoms with E-state index in [1.54, 1.807) is 20.8 Å². The molecule has 0 amide bonds. The molecule has 0 aromatic rings. The summed E-state index contributed by atoms with van der Waals surface area (Å²) in [5.74, 6) is -2.35. The van der Waals surface area contributed by atoms with Gasteiger partial charge in [0.15, 0.2) is 0 Å². The summed E-state index contributed by atoms with van der Waals surface area (Å²) in [6, 6.07) is 0. The molecule has 0 aromatic carbocycles. The number of carbonyl (C=O) groups is 2. The molecule has 0 spiro atoms. The summed E-state index contributed by atoms with van der Waals surface area (Å²) in [6.07, 6.45) is -14.0. The van der Waals surface area contributed by atoms with E-state index in [2.05, 4.69) is 4.74 Å². The van der Waals surface area contributed by atoms with Crippen LogP contribution in [0.3, 0.4) is 0 Å². The van der Waals surface area contributed by atoms with E-state index in [0.29, 0.717) is 19.3 Å². The van der Waals surface area contributed by atoms with Crippen LogP contribution in [0.25, 0.3) is 0 Å². The molecule has 1 aliphatic carbocycles. The van der Waals surface area contributed by atoms with Crippen LogP contribution in [0.1, 0.15) is 65.7 Å². The number of alkyl halides is 6. The van der Waals surface area contributed by atoms with Gasteiger partial charge in [-0.05, 0) is 46.0 Å². The summed E-state index contributed by atoms with van der Waals surface area (Å²) in [7, 11) is 0. The molecule has 0 radical (unpaired) electrons. The summed E-state index contributed by atoms with van der Waals surface area (Å²) < 4.78 is 84.7. The molecule has 0 bridgehead atoms. The Labute approximate surface area is 153 Å². The molecule has 0 aromatic heterocycles. The normalized spacial score (nSPS) is 18.3. The Bertz CT molecular complexity index is 519. The fourth-order valence-corrected chi connectivity index (χ4v) is 2.75. The highest BCUT2D eigenvalue weighted by atomic mass is 19.4. The molecule has 27 heavy (non-hydrogen) atoms. The first-order valence-corrected chi connectivity index (χ1v) is 8.69. The zero-order chi connectivity index (χ0) is 21.1. The van der Waals surface area contributed by atoms with E-state index in [-0.39, 0.29) is 12.8 Å². The van der Waals surface area contributed by atoms with Crippen LogP contribution in [0.2, 0.25) is 0 Å². The molecule has 158 valence electrons. The highest BCUT2D eigenvalue weighted by molar-refractivity contribution is 5.77. The largest absolute Gasteiger partial charge is 0.458 e. The predicted molar refractivity (Wildman–Crippen MR) is 82.6 cm³/mol. The minimum absolute atomic E-state index is 0.177. The maximum absolute atomic E-state index is 12.6. The zero-order valence-corrected chi connectivity index (χ0v) is 15.4. The first-order valence-electron chi connectivity index (χ1n) is 8.69. The minimum atomic E-state index is -5.78. The minimum Gasteiger partial charge on any atom is -0.458 e. The first-order chi connectivity index (χ1) is 12.1. The molecule has 1 aliphatic rings. The number of hydrogen-bond donors (Lipinski definition) is 0. The molecule has 4 nitrogen and oxygen atoms in total. The van der Waals surface area contributed by atoms with Crippen LogP contribution in [-0.2, 0) is 19.1 Å². The third-order valence-electron chi connectivity index (χ3n) is 4.82. The number of ether oxygens (including phenoxy) is 2. The van der Waals surface area contributed by atoms with Gasteiger partial charge in [-0.1, -0.05) is 13.3 Å². The lowest BCUT2D eigenvalue weighted by atomic mass is 9.81. The van der Waals surface area contributed by atoms with Gasteiger partial charge in [0.25, 0.3) is 6.10 Å². The number of esters is 2. The Morgan fingerprint density at radius 3 is 1.85 bits per heavy atom. The SMILES string of the molecule is CCC(C)(C)C(=O)OC1(CC(=O)OC(C(F)(F)F)C(F)(F)F)CCCCC1.